The van der Waals surface area contributed by atoms with E-state index < -0.39 is 41.1 Å². The van der Waals surface area contributed by atoms with E-state index in [1.54, 1.807) is 21.3 Å². The number of hydrogen-bond donors (Lipinski definition) is 3. The topological polar surface area (TPSA) is 216 Å². The summed E-state index contributed by atoms with van der Waals surface area (Å²) in [5.41, 5.74) is 2.99. The molecule has 3 aromatic heterocycles. The number of amides is 2. The number of likely N-dealkylation sites (tertiary alicyclic amines) is 1. The summed E-state index contributed by atoms with van der Waals surface area (Å²) < 4.78 is 44.3. The number of imide groups is 1. The van der Waals surface area contributed by atoms with E-state index in [1.165, 1.54) is 81.0 Å². The SMILES string of the molecule is C1CCOC1.COC(=O)c1ncn(Cc2ccccc2)c1C(=O)OC.O=C1CCC(=O)N1Cc1ccc(F)cc1.O=C1c2[nH]c[n+](Cc3ccccc3)c2C(=O)c2c1c(O)n(Cc1ccc(F)cc1)c2O. The molecular weight excluding hydrogens is 923 g/mol. The van der Waals surface area contributed by atoms with E-state index >= 15 is 0 Å². The second-order valence-electron chi connectivity index (χ2n) is 16.2. The molecule has 2 aliphatic heterocycles. The molecule has 10 rings (SSSR count). The van der Waals surface area contributed by atoms with Crippen molar-refractivity contribution in [1.82, 2.24) is 24.0 Å². The Bertz CT molecular complexity index is 3010. The van der Waals surface area contributed by atoms with E-state index in [9.17, 15) is 47.8 Å². The summed E-state index contributed by atoms with van der Waals surface area (Å²) in [4.78, 5) is 80.4. The number of H-pyrrole nitrogens is 1. The van der Waals surface area contributed by atoms with Crippen LogP contribution in [0, 0.1) is 11.6 Å². The van der Waals surface area contributed by atoms with Crippen molar-refractivity contribution >= 4 is 35.3 Å². The smallest absolute Gasteiger partial charge is 0.359 e. The fourth-order valence-corrected chi connectivity index (χ4v) is 7.85. The number of benzene rings is 4. The molecular formula is C52H49F2N6O11+. The molecule has 3 N–H and O–H groups in total. The number of methoxy groups -OCH3 is 2. The molecule has 7 aromatic rings. The maximum atomic E-state index is 13.3. The molecule has 366 valence electrons. The Morgan fingerprint density at radius 2 is 1.18 bits per heavy atom. The first kappa shape index (κ1) is 50.3. The van der Waals surface area contributed by atoms with E-state index in [2.05, 4.69) is 14.7 Å². The van der Waals surface area contributed by atoms with Gasteiger partial charge >= 0.3 is 11.9 Å². The summed E-state index contributed by atoms with van der Waals surface area (Å²) in [7, 11) is 2.49. The van der Waals surface area contributed by atoms with E-state index in [1.807, 2.05) is 60.7 Å². The maximum absolute atomic E-state index is 13.3. The summed E-state index contributed by atoms with van der Waals surface area (Å²) in [6.45, 7) is 2.97. The van der Waals surface area contributed by atoms with Crippen LogP contribution in [0.3, 0.4) is 0 Å². The van der Waals surface area contributed by atoms with Gasteiger partial charge in [0.1, 0.15) is 29.3 Å². The Hall–Kier alpha value is -8.58. The Kier molecular flexibility index (Phi) is 16.4. The predicted molar refractivity (Wildman–Crippen MR) is 248 cm³/mol. The molecule has 0 unspecified atom stereocenters. The van der Waals surface area contributed by atoms with Crippen molar-refractivity contribution in [1.29, 1.82) is 0 Å². The lowest BCUT2D eigenvalue weighted by Crippen LogP contribution is -2.41. The molecule has 2 amide bonds. The molecule has 4 aromatic carbocycles. The largest absolute Gasteiger partial charge is 0.494 e. The van der Waals surface area contributed by atoms with Crippen LogP contribution in [0.1, 0.15) is 101 Å². The van der Waals surface area contributed by atoms with Crippen molar-refractivity contribution in [2.75, 3.05) is 27.4 Å². The number of carbonyl (C=O) groups is 6. The van der Waals surface area contributed by atoms with E-state index in [4.69, 9.17) is 9.47 Å². The molecule has 19 heteroatoms. The maximum Gasteiger partial charge on any atom is 0.359 e. The lowest BCUT2D eigenvalue weighted by Gasteiger charge is -2.13. The molecule has 0 bridgehead atoms. The van der Waals surface area contributed by atoms with E-state index in [0.29, 0.717) is 31.5 Å². The Morgan fingerprint density at radius 3 is 1.70 bits per heavy atom. The van der Waals surface area contributed by atoms with Crippen LogP contribution in [-0.4, -0.2) is 97.0 Å². The van der Waals surface area contributed by atoms with Gasteiger partial charge in [0.2, 0.25) is 52.9 Å². The van der Waals surface area contributed by atoms with Gasteiger partial charge in [-0.1, -0.05) is 84.9 Å². The van der Waals surface area contributed by atoms with Gasteiger partial charge in [-0.05, 0) is 59.4 Å². The van der Waals surface area contributed by atoms with Crippen molar-refractivity contribution < 1.29 is 66.5 Å². The predicted octanol–water partition coefficient (Wildman–Crippen LogP) is 6.30. The first-order valence-corrected chi connectivity index (χ1v) is 22.3. The van der Waals surface area contributed by atoms with Crippen LogP contribution in [0.4, 0.5) is 8.78 Å². The van der Waals surface area contributed by atoms with Gasteiger partial charge in [0.15, 0.2) is 11.4 Å². The summed E-state index contributed by atoms with van der Waals surface area (Å²) in [5.74, 6) is -4.49. The van der Waals surface area contributed by atoms with Gasteiger partial charge in [-0.25, -0.2) is 32.9 Å². The second-order valence-corrected chi connectivity index (χ2v) is 16.2. The standard InChI is InChI=1S/C23H16FN3O4.C14H14N2O4.C11H10FNO2.C4H8O/c24-15-8-6-14(7-9-15)11-27-22(30)16-17(23(27)31)21(29)19-18(20(16)28)25-12-26(19)10-13-4-2-1-3-5-13;1-19-13(17)11-12(14(18)20-2)16(9-15-11)8-10-6-4-3-5-7-10;12-9-3-1-8(2-4-9)7-13-10(14)5-6-11(13)15;1-2-4-5-3-1/h1-9,12H,10-11H2,(H2,28,29,30,31);3-7,9H,8H2,1-2H3;1-4H,5-7H2;1-4H2/p+1. The molecule has 5 heterocycles. The van der Waals surface area contributed by atoms with Crippen LogP contribution in [0.5, 0.6) is 11.8 Å². The normalized spacial score (nSPS) is 13.5. The van der Waals surface area contributed by atoms with Gasteiger partial charge in [-0.3, -0.25) is 28.6 Å². The van der Waals surface area contributed by atoms with Gasteiger partial charge in [0, 0.05) is 32.6 Å². The summed E-state index contributed by atoms with van der Waals surface area (Å²) in [6.07, 6.45) is 6.09. The molecule has 0 spiro atoms. The molecule has 0 saturated carbocycles. The van der Waals surface area contributed by atoms with Crippen LogP contribution < -0.4 is 4.57 Å². The molecule has 3 aliphatic rings. The van der Waals surface area contributed by atoms with Crippen molar-refractivity contribution in [3.05, 3.63) is 190 Å². The highest BCUT2D eigenvalue weighted by Crippen LogP contribution is 2.40. The van der Waals surface area contributed by atoms with Crippen LogP contribution in [0.25, 0.3) is 0 Å². The summed E-state index contributed by atoms with van der Waals surface area (Å²) in [6, 6.07) is 30.2. The number of aromatic hydroxyl groups is 2. The highest BCUT2D eigenvalue weighted by Gasteiger charge is 2.45. The van der Waals surface area contributed by atoms with Gasteiger partial charge in [-0.15, -0.1) is 0 Å². The minimum Gasteiger partial charge on any atom is -0.494 e. The van der Waals surface area contributed by atoms with Gasteiger partial charge < -0.3 is 29.0 Å². The Balaban J connectivity index is 0.000000159. The number of ketones is 2. The van der Waals surface area contributed by atoms with Gasteiger partial charge in [0.25, 0.3) is 0 Å². The number of hydrogen-bond acceptors (Lipinski definition) is 12. The highest BCUT2D eigenvalue weighted by atomic mass is 19.1. The average Bonchev–Trinajstić information content (AvgIpc) is 4.26. The van der Waals surface area contributed by atoms with Crippen molar-refractivity contribution in [3.8, 4) is 11.8 Å². The lowest BCUT2D eigenvalue weighted by molar-refractivity contribution is -0.688. The molecule has 0 radical (unpaired) electrons. The minimum absolute atomic E-state index is 0.0382. The number of nitrogens with one attached hydrogen (secondary N) is 1. The zero-order chi connectivity index (χ0) is 50.6. The molecule has 71 heavy (non-hydrogen) atoms. The fraction of sp³-hybridized carbons (Fsp3) is 0.231. The van der Waals surface area contributed by atoms with Gasteiger partial charge in [-0.2, -0.15) is 0 Å². The molecule has 17 nitrogen and oxygen atoms in total. The number of aromatic amines is 1. The lowest BCUT2D eigenvalue weighted by atomic mass is 9.93. The second kappa shape index (κ2) is 23.1. The van der Waals surface area contributed by atoms with Crippen LogP contribution in [0.15, 0.2) is 122 Å². The minimum atomic E-state index is -0.669. The summed E-state index contributed by atoms with van der Waals surface area (Å²) in [5, 5.41) is 21.4. The number of aromatic nitrogens is 5. The number of halogens is 2. The number of nitrogens with zero attached hydrogens (tertiary/aromatic N) is 5. The number of ether oxygens (including phenoxy) is 3. The number of rotatable bonds is 10. The van der Waals surface area contributed by atoms with E-state index in [-0.39, 0.29) is 64.6 Å². The monoisotopic (exact) mass is 971 g/mol. The molecule has 1 aliphatic carbocycles. The van der Waals surface area contributed by atoms with E-state index in [0.717, 1.165) is 34.5 Å². The first-order valence-electron chi connectivity index (χ1n) is 22.3. The quantitative estimate of drug-likeness (QED) is 0.0782. The molecule has 2 fully saturated rings. The van der Waals surface area contributed by atoms with Crippen molar-refractivity contribution in [2.45, 2.75) is 51.9 Å². The highest BCUT2D eigenvalue weighted by molar-refractivity contribution is 6.28. The number of carbonyl (C=O) groups excluding carboxylic acids is 6. The Labute approximate surface area is 405 Å². The average molecular weight is 972 g/mol. The molecule has 2 saturated heterocycles. The fourth-order valence-electron chi connectivity index (χ4n) is 7.85. The first-order chi connectivity index (χ1) is 34.3. The third kappa shape index (κ3) is 11.8. The third-order valence-electron chi connectivity index (χ3n) is 11.5. The Morgan fingerprint density at radius 1 is 0.676 bits per heavy atom. The van der Waals surface area contributed by atoms with Crippen LogP contribution in [-0.2, 0) is 50.0 Å². The zero-order valence-corrected chi connectivity index (χ0v) is 38.7. The number of fused-ring (bicyclic) bond motifs is 2. The van der Waals surface area contributed by atoms with Crippen molar-refractivity contribution in [3.63, 3.8) is 0 Å². The van der Waals surface area contributed by atoms with Crippen LogP contribution in [0.2, 0.25) is 0 Å². The summed E-state index contributed by atoms with van der Waals surface area (Å²) >= 11 is 0. The number of esters is 2. The van der Waals surface area contributed by atoms with Crippen LogP contribution >= 0.6 is 0 Å². The zero-order valence-electron chi connectivity index (χ0n) is 38.7. The van der Waals surface area contributed by atoms with Crippen molar-refractivity contribution in [2.24, 2.45) is 0 Å². The molecule has 0 atom stereocenters. The third-order valence-corrected chi connectivity index (χ3v) is 11.5. The van der Waals surface area contributed by atoms with Gasteiger partial charge in [0.05, 0.1) is 33.6 Å². The number of imidazole rings is 2.